The molecule has 0 aliphatic rings. The van der Waals surface area contributed by atoms with Crippen LogP contribution in [0, 0.1) is 11.3 Å². The maximum absolute atomic E-state index is 8.74. The number of hydrogen-bond donors (Lipinski definition) is 0. The van der Waals surface area contributed by atoms with E-state index < -0.39 is 0 Å². The van der Waals surface area contributed by atoms with Gasteiger partial charge in [0.15, 0.2) is 0 Å². The number of aryl methyl sites for hydroxylation is 1. The lowest BCUT2D eigenvalue weighted by molar-refractivity contribution is 0.675. The molecule has 104 valence electrons. The van der Waals surface area contributed by atoms with Crippen molar-refractivity contribution in [2.24, 2.45) is 0 Å². The minimum absolute atomic E-state index is 0.548. The molecule has 2 aromatic carbocycles. The third-order valence-electron chi connectivity index (χ3n) is 3.43. The van der Waals surface area contributed by atoms with E-state index in [1.807, 2.05) is 42.5 Å². The predicted octanol–water partition coefficient (Wildman–Crippen LogP) is 4.66. The van der Waals surface area contributed by atoms with Gasteiger partial charge in [0.05, 0.1) is 17.1 Å². The number of fused-ring (bicyclic) bond motifs is 1. The highest BCUT2D eigenvalue weighted by molar-refractivity contribution is 6.30. The van der Waals surface area contributed by atoms with Gasteiger partial charge in [-0.15, -0.1) is 0 Å². The van der Waals surface area contributed by atoms with E-state index in [9.17, 15) is 0 Å². The molecule has 0 radical (unpaired) electrons. The number of nitriles is 1. The Bertz CT molecular complexity index is 797. The lowest BCUT2D eigenvalue weighted by Gasteiger charge is -2.08. The van der Waals surface area contributed by atoms with Gasteiger partial charge in [0.25, 0.3) is 0 Å². The summed E-state index contributed by atoms with van der Waals surface area (Å²) in [5.41, 5.74) is 3.10. The number of hydrogen-bond acceptors (Lipinski definition) is 2. The van der Waals surface area contributed by atoms with Crippen molar-refractivity contribution in [3.8, 4) is 17.5 Å². The van der Waals surface area contributed by atoms with Gasteiger partial charge < -0.3 is 4.57 Å². The zero-order valence-corrected chi connectivity index (χ0v) is 12.2. The number of imidazole rings is 1. The van der Waals surface area contributed by atoms with Crippen LogP contribution in [0.4, 0.5) is 0 Å². The molecule has 0 atom stereocenters. The van der Waals surface area contributed by atoms with Gasteiger partial charge in [-0.25, -0.2) is 4.98 Å². The van der Waals surface area contributed by atoms with Crippen molar-refractivity contribution >= 4 is 22.6 Å². The Kier molecular flexibility index (Phi) is 3.89. The van der Waals surface area contributed by atoms with E-state index in [4.69, 9.17) is 21.8 Å². The SMILES string of the molecule is N#CCCCn1c(-c2ccc(Cl)cc2)nc2ccccc21. The van der Waals surface area contributed by atoms with Crippen molar-refractivity contribution in [2.75, 3.05) is 0 Å². The average Bonchev–Trinajstić information content (AvgIpc) is 2.87. The standard InChI is InChI=1S/C17H14ClN3/c18-14-9-7-13(8-10-14)17-20-15-5-1-2-6-16(15)21(17)12-4-3-11-19/h1-2,5-10H,3-4,12H2. The van der Waals surface area contributed by atoms with Gasteiger partial charge in [-0.2, -0.15) is 5.26 Å². The summed E-state index contributed by atoms with van der Waals surface area (Å²) in [5, 5.41) is 9.45. The molecular formula is C17H14ClN3. The molecule has 0 aliphatic heterocycles. The Hall–Kier alpha value is -2.31. The Balaban J connectivity index is 2.09. The molecule has 0 fully saturated rings. The van der Waals surface area contributed by atoms with Crippen LogP contribution in [0.2, 0.25) is 5.02 Å². The molecule has 3 nitrogen and oxygen atoms in total. The first-order chi connectivity index (χ1) is 10.3. The maximum atomic E-state index is 8.74. The van der Waals surface area contributed by atoms with Gasteiger partial charge in [0.1, 0.15) is 5.82 Å². The van der Waals surface area contributed by atoms with Crippen LogP contribution in [-0.2, 0) is 6.54 Å². The summed E-state index contributed by atoms with van der Waals surface area (Å²) in [6, 6.07) is 18.0. The van der Waals surface area contributed by atoms with E-state index in [0.717, 1.165) is 35.4 Å². The van der Waals surface area contributed by atoms with Crippen molar-refractivity contribution in [1.29, 1.82) is 5.26 Å². The molecule has 0 aliphatic carbocycles. The van der Waals surface area contributed by atoms with Crippen molar-refractivity contribution in [3.63, 3.8) is 0 Å². The summed E-state index contributed by atoms with van der Waals surface area (Å²) in [7, 11) is 0. The van der Waals surface area contributed by atoms with Crippen LogP contribution in [0.1, 0.15) is 12.8 Å². The highest BCUT2D eigenvalue weighted by atomic mass is 35.5. The molecule has 0 spiro atoms. The first kappa shape index (κ1) is 13.7. The average molecular weight is 296 g/mol. The summed E-state index contributed by atoms with van der Waals surface area (Å²) in [4.78, 5) is 4.73. The summed E-state index contributed by atoms with van der Waals surface area (Å²) in [6.45, 7) is 0.784. The molecule has 1 heterocycles. The van der Waals surface area contributed by atoms with Gasteiger partial charge in [0, 0.05) is 23.6 Å². The molecule has 3 rings (SSSR count). The second-order valence-electron chi connectivity index (χ2n) is 4.84. The highest BCUT2D eigenvalue weighted by Crippen LogP contribution is 2.26. The van der Waals surface area contributed by atoms with Gasteiger partial charge in [0.2, 0.25) is 0 Å². The maximum Gasteiger partial charge on any atom is 0.141 e. The summed E-state index contributed by atoms with van der Waals surface area (Å²) in [5.74, 6) is 0.922. The van der Waals surface area contributed by atoms with Crippen LogP contribution >= 0.6 is 11.6 Å². The normalized spacial score (nSPS) is 10.7. The van der Waals surface area contributed by atoms with E-state index in [2.05, 4.69) is 16.7 Å². The van der Waals surface area contributed by atoms with Gasteiger partial charge in [-0.1, -0.05) is 23.7 Å². The molecule has 3 aromatic rings. The third kappa shape index (κ3) is 2.76. The largest absolute Gasteiger partial charge is 0.324 e. The molecule has 1 aromatic heterocycles. The van der Waals surface area contributed by atoms with Crippen molar-refractivity contribution in [1.82, 2.24) is 9.55 Å². The topological polar surface area (TPSA) is 41.6 Å². The Labute approximate surface area is 128 Å². The van der Waals surface area contributed by atoms with E-state index in [1.165, 1.54) is 0 Å². The van der Waals surface area contributed by atoms with Crippen LogP contribution in [0.5, 0.6) is 0 Å². The minimum Gasteiger partial charge on any atom is -0.324 e. The molecule has 0 bridgehead atoms. The number of unbranched alkanes of at least 4 members (excludes halogenated alkanes) is 1. The molecule has 0 saturated heterocycles. The Morgan fingerprint density at radius 1 is 1.10 bits per heavy atom. The fourth-order valence-corrected chi connectivity index (χ4v) is 2.56. The van der Waals surface area contributed by atoms with E-state index in [1.54, 1.807) is 0 Å². The molecule has 0 unspecified atom stereocenters. The molecule has 0 saturated carbocycles. The number of aromatic nitrogens is 2. The molecule has 4 heteroatoms. The second kappa shape index (κ2) is 5.99. The molecular weight excluding hydrogens is 282 g/mol. The zero-order valence-electron chi connectivity index (χ0n) is 11.5. The number of rotatable bonds is 4. The summed E-state index contributed by atoms with van der Waals surface area (Å²) in [6.07, 6.45) is 1.37. The minimum atomic E-state index is 0.548. The summed E-state index contributed by atoms with van der Waals surface area (Å²) < 4.78 is 2.18. The lowest BCUT2D eigenvalue weighted by Crippen LogP contribution is -2.00. The van der Waals surface area contributed by atoms with Gasteiger partial charge in [-0.3, -0.25) is 0 Å². The van der Waals surface area contributed by atoms with Crippen molar-refractivity contribution in [2.45, 2.75) is 19.4 Å². The van der Waals surface area contributed by atoms with E-state index >= 15 is 0 Å². The van der Waals surface area contributed by atoms with Crippen molar-refractivity contribution < 1.29 is 0 Å². The number of nitrogens with zero attached hydrogens (tertiary/aromatic N) is 3. The lowest BCUT2D eigenvalue weighted by atomic mass is 10.2. The van der Waals surface area contributed by atoms with Gasteiger partial charge >= 0.3 is 0 Å². The number of benzene rings is 2. The van der Waals surface area contributed by atoms with Gasteiger partial charge in [-0.05, 0) is 42.8 Å². The Morgan fingerprint density at radius 2 is 1.86 bits per heavy atom. The first-order valence-electron chi connectivity index (χ1n) is 6.88. The quantitative estimate of drug-likeness (QED) is 0.657. The van der Waals surface area contributed by atoms with E-state index in [-0.39, 0.29) is 0 Å². The van der Waals surface area contributed by atoms with Crippen LogP contribution in [0.3, 0.4) is 0 Å². The van der Waals surface area contributed by atoms with Crippen LogP contribution in [-0.4, -0.2) is 9.55 Å². The predicted molar refractivity (Wildman–Crippen MR) is 85.0 cm³/mol. The first-order valence-corrected chi connectivity index (χ1v) is 7.25. The second-order valence-corrected chi connectivity index (χ2v) is 5.28. The smallest absolute Gasteiger partial charge is 0.141 e. The van der Waals surface area contributed by atoms with Crippen LogP contribution in [0.25, 0.3) is 22.4 Å². The fraction of sp³-hybridized carbons (Fsp3) is 0.176. The zero-order chi connectivity index (χ0) is 14.7. The Morgan fingerprint density at radius 3 is 2.62 bits per heavy atom. The van der Waals surface area contributed by atoms with Crippen LogP contribution in [0.15, 0.2) is 48.5 Å². The fourth-order valence-electron chi connectivity index (χ4n) is 2.44. The molecule has 0 N–H and O–H groups in total. The molecule has 21 heavy (non-hydrogen) atoms. The monoisotopic (exact) mass is 295 g/mol. The molecule has 0 amide bonds. The summed E-state index contributed by atoms with van der Waals surface area (Å²) >= 11 is 5.96. The third-order valence-corrected chi connectivity index (χ3v) is 3.68. The van der Waals surface area contributed by atoms with Crippen LogP contribution < -0.4 is 0 Å². The van der Waals surface area contributed by atoms with Crippen molar-refractivity contribution in [3.05, 3.63) is 53.6 Å². The number of halogens is 1. The highest BCUT2D eigenvalue weighted by Gasteiger charge is 2.11. The number of para-hydroxylation sites is 2. The van der Waals surface area contributed by atoms with E-state index in [0.29, 0.717) is 11.4 Å².